The van der Waals surface area contributed by atoms with Crippen molar-refractivity contribution in [1.82, 2.24) is 9.80 Å². The van der Waals surface area contributed by atoms with Crippen LogP contribution in [0.4, 0.5) is 0 Å². The molecule has 20 heavy (non-hydrogen) atoms. The van der Waals surface area contributed by atoms with Gasteiger partial charge in [0, 0.05) is 32.8 Å². The molecule has 2 N–H and O–H groups in total. The Morgan fingerprint density at radius 3 is 2.45 bits per heavy atom. The Balaban J connectivity index is 0.00000180. The maximum absolute atomic E-state index is 12.2. The van der Waals surface area contributed by atoms with E-state index >= 15 is 0 Å². The average Bonchev–Trinajstić information content (AvgIpc) is 2.94. The topological polar surface area (TPSA) is 58.8 Å². The summed E-state index contributed by atoms with van der Waals surface area (Å²) in [6.07, 6.45) is 4.43. The minimum atomic E-state index is -0.470. The molecule has 0 saturated carbocycles. The van der Waals surface area contributed by atoms with Gasteiger partial charge in [-0.1, -0.05) is 0 Å². The predicted octanol–water partition coefficient (Wildman–Crippen LogP) is 0.890. The summed E-state index contributed by atoms with van der Waals surface area (Å²) in [5.41, 5.74) is 5.56. The largest absolute Gasteiger partial charge is 0.370 e. The Hall–Kier alpha value is -0.0700. The molecule has 2 heterocycles. The van der Waals surface area contributed by atoms with E-state index in [2.05, 4.69) is 4.90 Å². The third kappa shape index (κ3) is 4.74. The third-order valence-electron chi connectivity index (χ3n) is 4.14. The van der Waals surface area contributed by atoms with Gasteiger partial charge in [0.15, 0.2) is 0 Å². The predicted molar refractivity (Wildman–Crippen MR) is 84.8 cm³/mol. The molecule has 5 nitrogen and oxygen atoms in total. The molecule has 2 aliphatic heterocycles. The summed E-state index contributed by atoms with van der Waals surface area (Å²) < 4.78 is 5.15. The normalized spacial score (nSPS) is 24.7. The number of piperidine rings is 1. The van der Waals surface area contributed by atoms with Crippen LogP contribution in [0.2, 0.25) is 0 Å². The molecule has 2 unspecified atom stereocenters. The zero-order valence-corrected chi connectivity index (χ0v) is 13.8. The van der Waals surface area contributed by atoms with Crippen molar-refractivity contribution in [3.05, 3.63) is 0 Å². The maximum Gasteiger partial charge on any atom is 0.253 e. The summed E-state index contributed by atoms with van der Waals surface area (Å²) in [5.74, 6) is 0.0592. The van der Waals surface area contributed by atoms with Gasteiger partial charge in [0.2, 0.25) is 0 Å². The van der Waals surface area contributed by atoms with E-state index in [4.69, 9.17) is 10.5 Å². The molecule has 2 rings (SSSR count). The molecule has 1 amide bonds. The quantitative estimate of drug-likeness (QED) is 0.833. The number of carbonyl (C=O) groups excluding carboxylic acids is 1. The summed E-state index contributed by atoms with van der Waals surface area (Å²) in [5, 5.41) is 0. The molecule has 2 saturated heterocycles. The van der Waals surface area contributed by atoms with Gasteiger partial charge in [-0.25, -0.2) is 0 Å². The Labute approximate surface area is 134 Å². The van der Waals surface area contributed by atoms with E-state index in [0.717, 1.165) is 19.5 Å². The van der Waals surface area contributed by atoms with Crippen LogP contribution in [0.1, 0.15) is 25.7 Å². The van der Waals surface area contributed by atoms with Gasteiger partial charge in [-0.2, -0.15) is 0 Å². The summed E-state index contributed by atoms with van der Waals surface area (Å²) in [6.45, 7) is 4.34. The fourth-order valence-electron chi connectivity index (χ4n) is 3.06. The highest BCUT2D eigenvalue weighted by Gasteiger charge is 2.31. The second-order valence-corrected chi connectivity index (χ2v) is 5.28. The molecule has 0 spiro atoms. The first kappa shape index (κ1) is 19.9. The number of ether oxygens (including phenoxy) is 1. The smallest absolute Gasteiger partial charge is 0.253 e. The number of nitrogens with zero attached hydrogens (tertiary/aromatic N) is 2. The van der Waals surface area contributed by atoms with Crippen LogP contribution in [0.25, 0.3) is 0 Å². The van der Waals surface area contributed by atoms with Crippen molar-refractivity contribution in [3.8, 4) is 0 Å². The Bertz CT molecular complexity index is 285. The monoisotopic (exact) mass is 327 g/mol. The van der Waals surface area contributed by atoms with Gasteiger partial charge in [-0.15, -0.1) is 24.8 Å². The van der Waals surface area contributed by atoms with Crippen molar-refractivity contribution in [2.24, 2.45) is 5.73 Å². The van der Waals surface area contributed by atoms with Gasteiger partial charge in [-0.3, -0.25) is 9.69 Å². The maximum atomic E-state index is 12.2. The third-order valence-corrected chi connectivity index (χ3v) is 4.14. The Kier molecular flexibility index (Phi) is 9.76. The SMILES string of the molecule is COC(CN)C(=O)N1CCCC(N2CCCC2)C1.Cl.Cl. The fourth-order valence-corrected chi connectivity index (χ4v) is 3.06. The van der Waals surface area contributed by atoms with Gasteiger partial charge >= 0.3 is 0 Å². The van der Waals surface area contributed by atoms with Crippen LogP contribution in [0.15, 0.2) is 0 Å². The minimum absolute atomic E-state index is 0. The first-order valence-corrected chi connectivity index (χ1v) is 7.02. The number of hydrogen-bond acceptors (Lipinski definition) is 4. The van der Waals surface area contributed by atoms with E-state index in [1.54, 1.807) is 7.11 Å². The van der Waals surface area contributed by atoms with E-state index in [1.165, 1.54) is 32.4 Å². The van der Waals surface area contributed by atoms with Crippen LogP contribution in [-0.4, -0.2) is 67.7 Å². The number of nitrogens with two attached hydrogens (primary N) is 1. The van der Waals surface area contributed by atoms with Gasteiger partial charge in [0.05, 0.1) is 0 Å². The van der Waals surface area contributed by atoms with Gasteiger partial charge in [-0.05, 0) is 38.8 Å². The summed E-state index contributed by atoms with van der Waals surface area (Å²) in [4.78, 5) is 16.7. The van der Waals surface area contributed by atoms with E-state index in [0.29, 0.717) is 6.04 Å². The van der Waals surface area contributed by atoms with Crippen molar-refractivity contribution < 1.29 is 9.53 Å². The Morgan fingerprint density at radius 2 is 1.90 bits per heavy atom. The number of methoxy groups -OCH3 is 1. The molecule has 0 aromatic heterocycles. The zero-order chi connectivity index (χ0) is 13.0. The molecular formula is C13H27Cl2N3O2. The number of rotatable bonds is 4. The Morgan fingerprint density at radius 1 is 1.25 bits per heavy atom. The number of hydrogen-bond donors (Lipinski definition) is 1. The molecule has 0 aromatic carbocycles. The minimum Gasteiger partial charge on any atom is -0.370 e. The lowest BCUT2D eigenvalue weighted by atomic mass is 10.0. The van der Waals surface area contributed by atoms with Crippen LogP contribution in [-0.2, 0) is 9.53 Å². The second kappa shape index (κ2) is 9.79. The van der Waals surface area contributed by atoms with Crippen LogP contribution in [0.3, 0.4) is 0 Å². The number of likely N-dealkylation sites (tertiary alicyclic amines) is 2. The van der Waals surface area contributed by atoms with Gasteiger partial charge in [0.25, 0.3) is 5.91 Å². The fraction of sp³-hybridized carbons (Fsp3) is 0.923. The standard InChI is InChI=1S/C13H25N3O2.2ClH/c1-18-12(9-14)13(17)16-8-4-5-11(10-16)15-6-2-3-7-15;;/h11-12H,2-10,14H2,1H3;2*1H. The first-order valence-electron chi connectivity index (χ1n) is 7.02. The lowest BCUT2D eigenvalue weighted by Crippen LogP contribution is -2.52. The zero-order valence-electron chi connectivity index (χ0n) is 12.1. The highest BCUT2D eigenvalue weighted by Crippen LogP contribution is 2.21. The average molecular weight is 328 g/mol. The van der Waals surface area contributed by atoms with Crippen LogP contribution >= 0.6 is 24.8 Å². The lowest BCUT2D eigenvalue weighted by molar-refractivity contribution is -0.143. The molecule has 120 valence electrons. The number of amides is 1. The molecule has 2 fully saturated rings. The van der Waals surface area contributed by atoms with E-state index < -0.39 is 6.10 Å². The molecular weight excluding hydrogens is 301 g/mol. The van der Waals surface area contributed by atoms with Crippen molar-refractivity contribution in [1.29, 1.82) is 0 Å². The van der Waals surface area contributed by atoms with E-state index in [9.17, 15) is 4.79 Å². The van der Waals surface area contributed by atoms with Crippen molar-refractivity contribution >= 4 is 30.7 Å². The first-order chi connectivity index (χ1) is 8.76. The van der Waals surface area contributed by atoms with Crippen LogP contribution < -0.4 is 5.73 Å². The molecule has 0 bridgehead atoms. The second-order valence-electron chi connectivity index (χ2n) is 5.28. The van der Waals surface area contributed by atoms with Crippen LogP contribution in [0.5, 0.6) is 0 Å². The van der Waals surface area contributed by atoms with Crippen molar-refractivity contribution in [2.75, 3.05) is 39.8 Å². The number of carbonyl (C=O) groups is 1. The highest BCUT2D eigenvalue weighted by molar-refractivity contribution is 5.85. The molecule has 0 aliphatic carbocycles. The van der Waals surface area contributed by atoms with Crippen molar-refractivity contribution in [3.63, 3.8) is 0 Å². The van der Waals surface area contributed by atoms with Crippen LogP contribution in [0, 0.1) is 0 Å². The summed E-state index contributed by atoms with van der Waals surface area (Å²) in [7, 11) is 1.55. The van der Waals surface area contributed by atoms with Gasteiger partial charge in [0.1, 0.15) is 6.10 Å². The summed E-state index contributed by atoms with van der Waals surface area (Å²) in [6, 6.07) is 0.542. The number of halogens is 2. The molecule has 7 heteroatoms. The van der Waals surface area contributed by atoms with Crippen molar-refractivity contribution in [2.45, 2.75) is 37.8 Å². The van der Waals surface area contributed by atoms with E-state index in [1.807, 2.05) is 4.90 Å². The molecule has 2 atom stereocenters. The lowest BCUT2D eigenvalue weighted by Gasteiger charge is -2.38. The molecule has 0 aromatic rings. The van der Waals surface area contributed by atoms with E-state index in [-0.39, 0.29) is 37.3 Å². The molecule has 0 radical (unpaired) electrons. The summed E-state index contributed by atoms with van der Waals surface area (Å²) >= 11 is 0. The highest BCUT2D eigenvalue weighted by atomic mass is 35.5. The molecule has 2 aliphatic rings. The van der Waals surface area contributed by atoms with Gasteiger partial charge < -0.3 is 15.4 Å².